The fourth-order valence-corrected chi connectivity index (χ4v) is 0.222. The predicted octanol–water partition coefficient (Wildman–Crippen LogP) is -0.790. The van der Waals surface area contributed by atoms with Crippen LogP contribution in [0, 0.1) is 0 Å². The van der Waals surface area contributed by atoms with E-state index in [-0.39, 0.29) is 6.03 Å². The number of hydrogen-bond acceptors (Lipinski definition) is 2. The molecule has 0 aliphatic rings. The van der Waals surface area contributed by atoms with E-state index in [4.69, 9.17) is 0 Å². The zero-order valence-corrected chi connectivity index (χ0v) is 5.14. The molecule has 0 spiro atoms. The summed E-state index contributed by atoms with van der Waals surface area (Å²) in [4.78, 5) is 10.1. The van der Waals surface area contributed by atoms with Crippen molar-refractivity contribution < 1.29 is 4.79 Å². The lowest BCUT2D eigenvalue weighted by molar-refractivity contribution is 0.243. The van der Waals surface area contributed by atoms with Gasteiger partial charge in [0.05, 0.1) is 0 Å². The van der Waals surface area contributed by atoms with Crippen molar-refractivity contribution in [3.63, 3.8) is 0 Å². The summed E-state index contributed by atoms with van der Waals surface area (Å²) in [5, 5.41) is 2.27. The van der Waals surface area contributed by atoms with Crippen molar-refractivity contribution in [3.05, 3.63) is 0 Å². The van der Waals surface area contributed by atoms with Crippen molar-refractivity contribution in [2.24, 2.45) is 0 Å². The molecule has 0 bridgehead atoms. The number of hydrazine groups is 1. The maximum Gasteiger partial charge on any atom is 0.331 e. The van der Waals surface area contributed by atoms with Crippen molar-refractivity contribution in [3.8, 4) is 0 Å². The molecule has 0 aliphatic carbocycles. The van der Waals surface area contributed by atoms with Gasteiger partial charge in [-0.25, -0.2) is 10.2 Å². The molecule has 3 N–H and O–H groups in total. The van der Waals surface area contributed by atoms with Crippen molar-refractivity contribution in [2.75, 3.05) is 7.05 Å². The lowest BCUT2D eigenvalue weighted by atomic mass is 11.1. The Labute approximate surface area is 44.3 Å². The van der Waals surface area contributed by atoms with Gasteiger partial charge >= 0.3 is 6.03 Å². The van der Waals surface area contributed by atoms with Gasteiger partial charge in [-0.05, 0) is 9.39 Å². The van der Waals surface area contributed by atoms with Crippen LogP contribution < -0.4 is 15.9 Å². The highest BCUT2D eigenvalue weighted by atomic mass is 31.0. The molecule has 0 radical (unpaired) electrons. The quantitative estimate of drug-likeness (QED) is 0.314. The number of nitrogens with one attached hydrogen (secondary N) is 3. The minimum atomic E-state index is -0.271. The highest BCUT2D eigenvalue weighted by Crippen LogP contribution is 1.65. The van der Waals surface area contributed by atoms with Crippen LogP contribution in [0.25, 0.3) is 0 Å². The first-order chi connectivity index (χ1) is 3.31. The molecule has 0 aromatic carbocycles. The van der Waals surface area contributed by atoms with Crippen LogP contribution in [0.3, 0.4) is 0 Å². The van der Waals surface area contributed by atoms with Crippen LogP contribution >= 0.6 is 9.39 Å². The second kappa shape index (κ2) is 3.84. The number of carbonyl (C=O) groups is 1. The summed E-state index contributed by atoms with van der Waals surface area (Å²) in [5.41, 5.74) is 4.72. The first-order valence-electron chi connectivity index (χ1n) is 1.74. The summed E-state index contributed by atoms with van der Waals surface area (Å²) in [6.07, 6.45) is 0. The van der Waals surface area contributed by atoms with E-state index in [1.807, 2.05) is 0 Å². The highest BCUT2D eigenvalue weighted by Gasteiger charge is 1.86. The van der Waals surface area contributed by atoms with Crippen molar-refractivity contribution in [2.45, 2.75) is 0 Å². The third-order valence-electron chi connectivity index (χ3n) is 0.370. The SMILES string of the molecule is CNNC(=O)NP. The normalized spacial score (nSPS) is 7.71. The monoisotopic (exact) mass is 121 g/mol. The summed E-state index contributed by atoms with van der Waals surface area (Å²) >= 11 is 0. The number of hydrogen-bond donors (Lipinski definition) is 3. The third-order valence-corrected chi connectivity index (χ3v) is 0.632. The summed E-state index contributed by atoms with van der Waals surface area (Å²) < 4.78 is 0. The van der Waals surface area contributed by atoms with Crippen LogP contribution in [0.4, 0.5) is 4.79 Å². The fraction of sp³-hybridized carbons (Fsp3) is 0.500. The lowest BCUT2D eigenvalue weighted by Crippen LogP contribution is -2.38. The lowest BCUT2D eigenvalue weighted by Gasteiger charge is -1.97. The Morgan fingerprint density at radius 3 is 2.43 bits per heavy atom. The fourth-order valence-electron chi connectivity index (χ4n) is 0.150. The van der Waals surface area contributed by atoms with Crippen LogP contribution in [0.15, 0.2) is 0 Å². The number of carbonyl (C=O) groups excluding carboxylic acids is 1. The molecule has 0 heterocycles. The zero-order valence-electron chi connectivity index (χ0n) is 3.99. The van der Waals surface area contributed by atoms with Gasteiger partial charge in [0.1, 0.15) is 0 Å². The molecule has 0 aromatic rings. The average Bonchev–Trinajstić information content (AvgIpc) is 1.68. The summed E-state index contributed by atoms with van der Waals surface area (Å²) in [6, 6.07) is -0.271. The van der Waals surface area contributed by atoms with E-state index in [1.54, 1.807) is 7.05 Å². The van der Waals surface area contributed by atoms with Gasteiger partial charge in [-0.3, -0.25) is 5.43 Å². The van der Waals surface area contributed by atoms with Crippen LogP contribution in [0.1, 0.15) is 0 Å². The van der Waals surface area contributed by atoms with Gasteiger partial charge in [0, 0.05) is 7.05 Å². The van der Waals surface area contributed by atoms with Gasteiger partial charge in [-0.2, -0.15) is 0 Å². The standard InChI is InChI=1S/C2H8N3OP/c1-3-4-2(6)5-7/h3H,7H2,1H3,(H2,4,5,6). The van der Waals surface area contributed by atoms with E-state index in [9.17, 15) is 4.79 Å². The maximum absolute atomic E-state index is 10.1. The van der Waals surface area contributed by atoms with Crippen LogP contribution in [0.2, 0.25) is 0 Å². The smallest absolute Gasteiger partial charge is 0.322 e. The molecule has 1 atom stereocenters. The third kappa shape index (κ3) is 3.49. The molecule has 0 rings (SSSR count). The topological polar surface area (TPSA) is 53.2 Å². The van der Waals surface area contributed by atoms with Crippen LogP contribution in [0.5, 0.6) is 0 Å². The molecule has 4 nitrogen and oxygen atoms in total. The average molecular weight is 121 g/mol. The van der Waals surface area contributed by atoms with Gasteiger partial charge in [0.15, 0.2) is 0 Å². The second-order valence-electron chi connectivity index (χ2n) is 0.848. The molecule has 7 heavy (non-hydrogen) atoms. The second-order valence-corrected chi connectivity index (χ2v) is 1.14. The summed E-state index contributed by atoms with van der Waals surface area (Å²) in [7, 11) is 3.68. The number of amides is 2. The minimum Gasteiger partial charge on any atom is -0.322 e. The molecule has 0 saturated carbocycles. The molecule has 0 aromatic heterocycles. The van der Waals surface area contributed by atoms with Crippen LogP contribution in [-0.4, -0.2) is 13.1 Å². The van der Waals surface area contributed by atoms with Crippen molar-refractivity contribution >= 4 is 15.4 Å². The summed E-state index contributed by atoms with van der Waals surface area (Å²) in [6.45, 7) is 0. The predicted molar refractivity (Wildman–Crippen MR) is 30.4 cm³/mol. The largest absolute Gasteiger partial charge is 0.331 e. The van der Waals surface area contributed by atoms with Gasteiger partial charge in [-0.15, -0.1) is 0 Å². The zero-order chi connectivity index (χ0) is 5.70. The van der Waals surface area contributed by atoms with Gasteiger partial charge in [-0.1, -0.05) is 0 Å². The Bertz CT molecular complexity index is 66.0. The Hall–Kier alpha value is -0.340. The molecule has 0 fully saturated rings. The van der Waals surface area contributed by atoms with E-state index in [1.165, 1.54) is 0 Å². The minimum absolute atomic E-state index is 0.271. The Morgan fingerprint density at radius 1 is 1.71 bits per heavy atom. The molecule has 5 heteroatoms. The van der Waals surface area contributed by atoms with E-state index in [0.717, 1.165) is 0 Å². The van der Waals surface area contributed by atoms with Crippen molar-refractivity contribution in [1.29, 1.82) is 0 Å². The van der Waals surface area contributed by atoms with Crippen LogP contribution in [-0.2, 0) is 0 Å². The first-order valence-corrected chi connectivity index (χ1v) is 2.32. The van der Waals surface area contributed by atoms with Gasteiger partial charge in [0.25, 0.3) is 0 Å². The molecule has 1 unspecified atom stereocenters. The summed E-state index contributed by atoms with van der Waals surface area (Å²) in [5.74, 6) is 0. The van der Waals surface area contributed by atoms with E-state index in [0.29, 0.717) is 0 Å². The van der Waals surface area contributed by atoms with E-state index >= 15 is 0 Å². The highest BCUT2D eigenvalue weighted by molar-refractivity contribution is 7.15. The van der Waals surface area contributed by atoms with Gasteiger partial charge in [0.2, 0.25) is 0 Å². The molecular weight excluding hydrogens is 113 g/mol. The van der Waals surface area contributed by atoms with E-state index in [2.05, 4.69) is 25.3 Å². The molecule has 42 valence electrons. The Morgan fingerprint density at radius 2 is 2.29 bits per heavy atom. The molecule has 0 saturated heterocycles. The Balaban J connectivity index is 3.00. The number of rotatable bonds is 1. The maximum atomic E-state index is 10.1. The van der Waals surface area contributed by atoms with Crippen molar-refractivity contribution in [1.82, 2.24) is 15.9 Å². The number of urea groups is 1. The van der Waals surface area contributed by atoms with Gasteiger partial charge < -0.3 is 5.09 Å². The Kier molecular flexibility index (Phi) is 3.65. The molecule has 2 amide bonds. The molecular formula is C2H8N3OP. The first kappa shape index (κ1) is 6.66. The van der Waals surface area contributed by atoms with E-state index < -0.39 is 0 Å². The molecule has 0 aliphatic heterocycles.